The zero-order valence-corrected chi connectivity index (χ0v) is 13.1. The lowest BCUT2D eigenvalue weighted by Crippen LogP contribution is -2.68. The number of nitrogens with zero attached hydrogens (tertiary/aromatic N) is 5. The van der Waals surface area contributed by atoms with Gasteiger partial charge in [-0.3, -0.25) is 9.69 Å². The number of carboxylic acid groups (broad SMARTS) is 1. The average Bonchev–Trinajstić information content (AvgIpc) is 2.98. The monoisotopic (exact) mass is 354 g/mol. The Balaban J connectivity index is 1.82. The van der Waals surface area contributed by atoms with E-state index in [2.05, 4.69) is 15.5 Å². The number of nitrogens with two attached hydrogens (primary N) is 1. The topological polar surface area (TPSA) is 144 Å². The lowest BCUT2D eigenvalue weighted by molar-refractivity contribution is -0.147. The number of carboxylic acids is 1. The summed E-state index contributed by atoms with van der Waals surface area (Å²) in [6.45, 7) is 0. The van der Waals surface area contributed by atoms with Gasteiger partial charge in [0, 0.05) is 11.5 Å². The van der Waals surface area contributed by atoms with Crippen molar-refractivity contribution in [2.45, 2.75) is 16.6 Å². The van der Waals surface area contributed by atoms with Crippen molar-refractivity contribution < 1.29 is 19.5 Å². The number of carbonyl (C=O) groups is 2. The molecule has 1 fully saturated rings. The van der Waals surface area contributed by atoms with Crippen molar-refractivity contribution in [3.8, 4) is 0 Å². The van der Waals surface area contributed by atoms with Crippen molar-refractivity contribution in [2.24, 2.45) is 5.73 Å². The van der Waals surface area contributed by atoms with Crippen LogP contribution >= 0.6 is 23.5 Å². The van der Waals surface area contributed by atoms with Crippen LogP contribution in [-0.2, 0) is 14.4 Å². The molecule has 2 aliphatic rings. The van der Waals surface area contributed by atoms with Gasteiger partial charge in [-0.25, -0.2) is 9.59 Å². The van der Waals surface area contributed by atoms with E-state index in [-0.39, 0.29) is 16.8 Å². The van der Waals surface area contributed by atoms with E-state index in [1.165, 1.54) is 16.7 Å². The Hall–Kier alpha value is -2.14. The number of β-lactam (4-membered cyclic amide) rings is 1. The van der Waals surface area contributed by atoms with Crippen LogP contribution in [0.15, 0.2) is 16.4 Å². The third-order valence-corrected chi connectivity index (χ3v) is 5.68. The summed E-state index contributed by atoms with van der Waals surface area (Å²) in [5.41, 5.74) is 6.23. The van der Waals surface area contributed by atoms with E-state index in [9.17, 15) is 19.5 Å². The summed E-state index contributed by atoms with van der Waals surface area (Å²) in [5, 5.41) is 20.2. The second-order valence-corrected chi connectivity index (χ2v) is 6.68. The minimum Gasteiger partial charge on any atom is -0.477 e. The molecule has 2 atom stereocenters. The zero-order valence-electron chi connectivity index (χ0n) is 11.4. The lowest BCUT2D eigenvalue weighted by atomic mass is 10.0. The van der Waals surface area contributed by atoms with Gasteiger partial charge in [0.25, 0.3) is 0 Å². The van der Waals surface area contributed by atoms with Gasteiger partial charge in [0.2, 0.25) is 11.1 Å². The van der Waals surface area contributed by atoms with Crippen molar-refractivity contribution in [3.05, 3.63) is 11.3 Å². The van der Waals surface area contributed by atoms with Crippen LogP contribution in [0, 0.1) is 0 Å². The van der Waals surface area contributed by atoms with E-state index < -0.39 is 17.9 Å². The van der Waals surface area contributed by atoms with Crippen LogP contribution in [0.4, 0.5) is 0 Å². The van der Waals surface area contributed by atoms with Gasteiger partial charge in [-0.2, -0.15) is 4.68 Å². The minimum atomic E-state index is -1.17. The molecule has 3 rings (SSSR count). The first kappa shape index (κ1) is 15.7. The minimum absolute atomic E-state index is 0.0297. The number of rotatable bonds is 5. The van der Waals surface area contributed by atoms with Gasteiger partial charge in [0.1, 0.15) is 29.3 Å². The molecule has 2 aliphatic heterocycles. The van der Waals surface area contributed by atoms with Crippen molar-refractivity contribution in [1.29, 1.82) is 0 Å². The number of carbonyl (C=O) groups excluding carboxylic acids is 2. The summed E-state index contributed by atoms with van der Waals surface area (Å²) in [7, 11) is 0. The molecule has 10 nitrogen and oxygen atoms in total. The number of amides is 1. The first-order chi connectivity index (χ1) is 11.0. The Morgan fingerprint density at radius 2 is 2.39 bits per heavy atom. The summed E-state index contributed by atoms with van der Waals surface area (Å²) in [6.07, 6.45) is 1.03. The predicted molar refractivity (Wildman–Crippen MR) is 80.7 cm³/mol. The zero-order chi connectivity index (χ0) is 16.6. The average molecular weight is 354 g/mol. The van der Waals surface area contributed by atoms with Gasteiger partial charge >= 0.3 is 5.97 Å². The Labute approximate surface area is 137 Å². The van der Waals surface area contributed by atoms with Gasteiger partial charge in [-0.1, -0.05) is 11.8 Å². The van der Waals surface area contributed by atoms with Crippen LogP contribution in [0.5, 0.6) is 0 Å². The number of tetrazole rings is 1. The Morgan fingerprint density at radius 1 is 1.61 bits per heavy atom. The van der Waals surface area contributed by atoms with Crippen LogP contribution in [-0.4, -0.2) is 71.0 Å². The normalized spacial score (nSPS) is 23.2. The Bertz CT molecular complexity index is 755. The largest absolute Gasteiger partial charge is 0.477 e. The second kappa shape index (κ2) is 6.16. The highest BCUT2D eigenvalue weighted by atomic mass is 32.2. The SMILES string of the molecule is NC1C(=O)N2C(C(=O)O)=C(CSc3nnnn3C=C=O)CS[C@H]12. The summed E-state index contributed by atoms with van der Waals surface area (Å²) in [4.78, 5) is 35.0. The fourth-order valence-electron chi connectivity index (χ4n) is 2.25. The van der Waals surface area contributed by atoms with E-state index in [0.29, 0.717) is 16.5 Å². The third-order valence-electron chi connectivity index (χ3n) is 3.30. The number of hydrogen-bond acceptors (Lipinski definition) is 9. The highest BCUT2D eigenvalue weighted by Crippen LogP contribution is 2.40. The summed E-state index contributed by atoms with van der Waals surface area (Å²) in [5.74, 6) is 0.720. The first-order valence-corrected chi connectivity index (χ1v) is 8.35. The number of aliphatic carboxylic acids is 1. The second-order valence-electron chi connectivity index (χ2n) is 4.63. The molecule has 0 aromatic carbocycles. The van der Waals surface area contributed by atoms with E-state index in [4.69, 9.17) is 5.73 Å². The van der Waals surface area contributed by atoms with Crippen molar-refractivity contribution >= 4 is 47.5 Å². The van der Waals surface area contributed by atoms with Crippen LogP contribution < -0.4 is 5.73 Å². The molecular formula is C11H10N6O4S2. The molecule has 0 radical (unpaired) electrons. The van der Waals surface area contributed by atoms with Crippen LogP contribution in [0.25, 0.3) is 6.20 Å². The van der Waals surface area contributed by atoms with Crippen LogP contribution in [0.1, 0.15) is 0 Å². The lowest BCUT2D eigenvalue weighted by Gasteiger charge is -2.48. The molecule has 1 unspecified atom stereocenters. The number of hydrogen-bond donors (Lipinski definition) is 2. The molecule has 120 valence electrons. The molecule has 1 aromatic rings. The molecule has 0 aliphatic carbocycles. The van der Waals surface area contributed by atoms with Gasteiger partial charge in [-0.05, 0) is 16.0 Å². The fraction of sp³-hybridized carbons (Fsp3) is 0.364. The van der Waals surface area contributed by atoms with E-state index in [0.717, 1.165) is 22.6 Å². The smallest absolute Gasteiger partial charge is 0.352 e. The summed E-state index contributed by atoms with van der Waals surface area (Å²) < 4.78 is 1.14. The van der Waals surface area contributed by atoms with Crippen molar-refractivity contribution in [1.82, 2.24) is 25.1 Å². The van der Waals surface area contributed by atoms with Gasteiger partial charge in [-0.15, -0.1) is 16.9 Å². The molecular weight excluding hydrogens is 344 g/mol. The van der Waals surface area contributed by atoms with Crippen LogP contribution in [0.2, 0.25) is 0 Å². The van der Waals surface area contributed by atoms with Crippen molar-refractivity contribution in [3.63, 3.8) is 0 Å². The van der Waals surface area contributed by atoms with Crippen LogP contribution in [0.3, 0.4) is 0 Å². The van der Waals surface area contributed by atoms with Gasteiger partial charge in [0.15, 0.2) is 0 Å². The van der Waals surface area contributed by atoms with E-state index in [1.807, 2.05) is 0 Å². The maximum absolute atomic E-state index is 11.8. The highest BCUT2D eigenvalue weighted by molar-refractivity contribution is 8.01. The molecule has 0 bridgehead atoms. The number of thioether (sulfide) groups is 2. The summed E-state index contributed by atoms with van der Waals surface area (Å²) >= 11 is 2.59. The fourth-order valence-corrected chi connectivity index (χ4v) is 4.53. The number of aromatic nitrogens is 4. The maximum Gasteiger partial charge on any atom is 0.352 e. The molecule has 1 amide bonds. The van der Waals surface area contributed by atoms with E-state index >= 15 is 0 Å². The molecule has 12 heteroatoms. The van der Waals surface area contributed by atoms with Gasteiger partial charge in [0.05, 0.1) is 0 Å². The molecule has 1 aromatic heterocycles. The third kappa shape index (κ3) is 2.65. The predicted octanol–water partition coefficient (Wildman–Crippen LogP) is -1.35. The maximum atomic E-state index is 11.8. The molecule has 3 N–H and O–H groups in total. The Morgan fingerprint density at radius 3 is 3.09 bits per heavy atom. The molecule has 0 saturated carbocycles. The molecule has 3 heterocycles. The van der Waals surface area contributed by atoms with Gasteiger partial charge < -0.3 is 10.8 Å². The first-order valence-electron chi connectivity index (χ1n) is 6.32. The Kier molecular flexibility index (Phi) is 4.22. The summed E-state index contributed by atoms with van der Waals surface area (Å²) in [6, 6.07) is -0.659. The quantitative estimate of drug-likeness (QED) is 0.370. The van der Waals surface area contributed by atoms with E-state index in [1.54, 1.807) is 5.94 Å². The number of fused-ring (bicyclic) bond motifs is 1. The molecule has 1 saturated heterocycles. The standard InChI is InChI=1S/C11H10N6O4S2/c12-6-8(19)17-7(10(20)21)5(3-22-9(6)17)4-23-11-13-14-15-16(11)1-2-18/h1,6,9H,3-4,12H2,(H,20,21)/t6?,9-/m1/s1. The van der Waals surface area contributed by atoms with Crippen molar-refractivity contribution in [2.75, 3.05) is 11.5 Å². The highest BCUT2D eigenvalue weighted by Gasteiger charge is 2.51. The molecule has 0 spiro atoms. The molecule has 23 heavy (non-hydrogen) atoms.